The van der Waals surface area contributed by atoms with Gasteiger partial charge in [-0.1, -0.05) is 6.42 Å². The molecule has 2 amide bonds. The normalized spacial score (nSPS) is 14.1. The Morgan fingerprint density at radius 1 is 1.14 bits per heavy atom. The molecule has 0 spiro atoms. The first kappa shape index (κ1) is 21.0. The lowest BCUT2D eigenvalue weighted by Crippen LogP contribution is -2.46. The smallest absolute Gasteiger partial charge is 0.274 e. The number of halogens is 1. The molecule has 0 unspecified atom stereocenters. The van der Waals surface area contributed by atoms with Crippen LogP contribution in [-0.4, -0.2) is 45.6 Å². The Bertz CT molecular complexity index is 897. The van der Waals surface area contributed by atoms with Crippen LogP contribution in [0.5, 0.6) is 0 Å². The predicted octanol–water partition coefficient (Wildman–Crippen LogP) is 3.27. The predicted molar refractivity (Wildman–Crippen MR) is 110 cm³/mol. The Balaban J connectivity index is 1.91. The number of rotatable bonds is 4. The van der Waals surface area contributed by atoms with Crippen LogP contribution < -0.4 is 5.32 Å². The quantitative estimate of drug-likeness (QED) is 0.801. The van der Waals surface area contributed by atoms with Crippen molar-refractivity contribution in [3.8, 4) is 5.69 Å². The molecule has 0 aliphatic heterocycles. The van der Waals surface area contributed by atoms with Gasteiger partial charge < -0.3 is 10.2 Å². The van der Waals surface area contributed by atoms with Crippen LogP contribution in [0.2, 0.25) is 0 Å². The fourth-order valence-electron chi connectivity index (χ4n) is 3.67. The van der Waals surface area contributed by atoms with Crippen molar-refractivity contribution >= 4 is 11.8 Å². The third-order valence-corrected chi connectivity index (χ3v) is 4.95. The fraction of sp³-hybridized carbons (Fsp3) is 0.500. The minimum atomic E-state index is -0.359. The topological polar surface area (TPSA) is 67.2 Å². The van der Waals surface area contributed by atoms with Crippen molar-refractivity contribution in [2.75, 3.05) is 13.6 Å². The van der Waals surface area contributed by atoms with Gasteiger partial charge in [-0.05, 0) is 70.7 Å². The molecule has 1 N–H and O–H groups in total. The third-order valence-electron chi connectivity index (χ3n) is 4.95. The molecule has 0 radical (unpaired) electrons. The molecule has 29 heavy (non-hydrogen) atoms. The summed E-state index contributed by atoms with van der Waals surface area (Å²) in [6, 6.07) is 6.12. The Hall–Kier alpha value is -2.70. The first-order chi connectivity index (χ1) is 13.7. The van der Waals surface area contributed by atoms with Gasteiger partial charge in [0.05, 0.1) is 12.2 Å². The van der Waals surface area contributed by atoms with Gasteiger partial charge in [0.25, 0.3) is 5.91 Å². The molecular weight excluding hydrogens is 371 g/mol. The number of carbonyl (C=O) groups excluding carboxylic acids is 2. The highest BCUT2D eigenvalue weighted by atomic mass is 19.1. The summed E-state index contributed by atoms with van der Waals surface area (Å²) in [6.07, 6.45) is 4.71. The highest BCUT2D eigenvalue weighted by molar-refractivity contribution is 5.96. The number of hydrogen-bond acceptors (Lipinski definition) is 3. The molecule has 1 aliphatic rings. The van der Waals surface area contributed by atoms with Crippen molar-refractivity contribution in [3.05, 3.63) is 47.0 Å². The number of carbonyl (C=O) groups is 2. The minimum Gasteiger partial charge on any atom is -0.350 e. The van der Waals surface area contributed by atoms with Gasteiger partial charge in [0.1, 0.15) is 5.82 Å². The van der Waals surface area contributed by atoms with Crippen LogP contribution in [-0.2, 0) is 17.6 Å². The summed E-state index contributed by atoms with van der Waals surface area (Å²) < 4.78 is 15.1. The van der Waals surface area contributed by atoms with Gasteiger partial charge >= 0.3 is 0 Å². The maximum absolute atomic E-state index is 13.4. The molecule has 0 saturated carbocycles. The van der Waals surface area contributed by atoms with E-state index in [1.807, 2.05) is 20.8 Å². The lowest BCUT2D eigenvalue weighted by Gasteiger charge is -2.23. The maximum atomic E-state index is 13.4. The van der Waals surface area contributed by atoms with Gasteiger partial charge in [-0.2, -0.15) is 5.10 Å². The molecule has 2 aromatic rings. The summed E-state index contributed by atoms with van der Waals surface area (Å²) in [4.78, 5) is 26.8. The first-order valence-corrected chi connectivity index (χ1v) is 10.1. The molecule has 0 saturated heterocycles. The second-order valence-corrected chi connectivity index (χ2v) is 8.68. The highest BCUT2D eigenvalue weighted by Crippen LogP contribution is 2.27. The third kappa shape index (κ3) is 5.02. The summed E-state index contributed by atoms with van der Waals surface area (Å²) in [5.41, 5.74) is 2.71. The van der Waals surface area contributed by atoms with Crippen LogP contribution in [0.3, 0.4) is 0 Å². The van der Waals surface area contributed by atoms with Gasteiger partial charge in [-0.25, -0.2) is 9.07 Å². The molecule has 1 aliphatic carbocycles. The zero-order valence-corrected chi connectivity index (χ0v) is 17.6. The summed E-state index contributed by atoms with van der Waals surface area (Å²) in [5, 5.41) is 7.48. The van der Waals surface area contributed by atoms with Crippen LogP contribution in [0.4, 0.5) is 4.39 Å². The summed E-state index contributed by atoms with van der Waals surface area (Å²) in [7, 11) is 1.62. The van der Waals surface area contributed by atoms with E-state index in [-0.39, 0.29) is 29.7 Å². The molecular formula is C22H29FN4O2. The lowest BCUT2D eigenvalue weighted by molar-refractivity contribution is -0.122. The summed E-state index contributed by atoms with van der Waals surface area (Å²) >= 11 is 0. The number of benzene rings is 1. The monoisotopic (exact) mass is 400 g/mol. The summed E-state index contributed by atoms with van der Waals surface area (Å²) in [6.45, 7) is 5.67. The maximum Gasteiger partial charge on any atom is 0.274 e. The van der Waals surface area contributed by atoms with Gasteiger partial charge in [0.2, 0.25) is 5.91 Å². The Morgan fingerprint density at radius 2 is 1.79 bits per heavy atom. The lowest BCUT2D eigenvalue weighted by atomic mass is 10.1. The van der Waals surface area contributed by atoms with E-state index >= 15 is 0 Å². The van der Waals surface area contributed by atoms with Crippen molar-refractivity contribution in [3.63, 3.8) is 0 Å². The average Bonchev–Trinajstić information content (AvgIpc) is 2.81. The number of nitrogens with one attached hydrogen (secondary N) is 1. The summed E-state index contributed by atoms with van der Waals surface area (Å²) in [5.74, 6) is -0.793. The molecule has 3 rings (SSSR count). The van der Waals surface area contributed by atoms with Gasteiger partial charge in [0.15, 0.2) is 5.69 Å². The van der Waals surface area contributed by atoms with Crippen LogP contribution in [0, 0.1) is 5.82 Å². The first-order valence-electron chi connectivity index (χ1n) is 10.1. The van der Waals surface area contributed by atoms with Crippen molar-refractivity contribution < 1.29 is 14.0 Å². The number of aromatic nitrogens is 2. The van der Waals surface area contributed by atoms with Crippen molar-refractivity contribution in [2.45, 2.75) is 58.4 Å². The second kappa shape index (κ2) is 8.35. The molecule has 0 fully saturated rings. The van der Waals surface area contributed by atoms with E-state index in [0.29, 0.717) is 5.69 Å². The SMILES string of the molecule is CN(CC(=O)NC(C)(C)C)C(=O)c1nn(-c2ccc(F)cc2)c2c1CCCCC2. The molecule has 156 valence electrons. The minimum absolute atomic E-state index is 0.0334. The van der Waals surface area contributed by atoms with E-state index in [2.05, 4.69) is 10.4 Å². The van der Waals surface area contributed by atoms with E-state index in [4.69, 9.17) is 0 Å². The van der Waals surface area contributed by atoms with E-state index in [0.717, 1.165) is 49.0 Å². The number of hydrogen-bond donors (Lipinski definition) is 1. The zero-order valence-electron chi connectivity index (χ0n) is 17.6. The molecule has 0 atom stereocenters. The van der Waals surface area contributed by atoms with Crippen LogP contribution in [0.15, 0.2) is 24.3 Å². The molecule has 0 bridgehead atoms. The standard InChI is InChI=1S/C22H29FN4O2/c1-22(2,3)24-19(28)14-26(4)21(29)20-17-8-6-5-7-9-18(17)27(25-20)16-12-10-15(23)11-13-16/h10-13H,5-9,14H2,1-4H3,(H,24,28). The second-order valence-electron chi connectivity index (χ2n) is 8.68. The Kier molecular flexibility index (Phi) is 6.05. The van der Waals surface area contributed by atoms with E-state index in [9.17, 15) is 14.0 Å². The molecule has 6 nitrogen and oxygen atoms in total. The number of nitrogens with zero attached hydrogens (tertiary/aromatic N) is 3. The zero-order chi connectivity index (χ0) is 21.2. The van der Waals surface area contributed by atoms with Crippen LogP contribution in [0.25, 0.3) is 5.69 Å². The van der Waals surface area contributed by atoms with Crippen molar-refractivity contribution in [1.82, 2.24) is 20.0 Å². The fourth-order valence-corrected chi connectivity index (χ4v) is 3.67. The van der Waals surface area contributed by atoms with E-state index in [1.54, 1.807) is 23.9 Å². The van der Waals surface area contributed by atoms with E-state index in [1.165, 1.54) is 17.0 Å². The Labute approximate surface area is 171 Å². The van der Waals surface area contributed by atoms with E-state index < -0.39 is 0 Å². The number of likely N-dealkylation sites (N-methyl/N-ethyl adjacent to an activating group) is 1. The molecule has 1 heterocycles. The highest BCUT2D eigenvalue weighted by Gasteiger charge is 2.27. The molecule has 1 aromatic heterocycles. The number of fused-ring (bicyclic) bond motifs is 1. The molecule has 7 heteroatoms. The largest absolute Gasteiger partial charge is 0.350 e. The van der Waals surface area contributed by atoms with Crippen LogP contribution >= 0.6 is 0 Å². The van der Waals surface area contributed by atoms with Gasteiger partial charge in [0, 0.05) is 23.8 Å². The number of amides is 2. The van der Waals surface area contributed by atoms with Crippen molar-refractivity contribution in [1.29, 1.82) is 0 Å². The van der Waals surface area contributed by atoms with Gasteiger partial charge in [-0.3, -0.25) is 9.59 Å². The Morgan fingerprint density at radius 3 is 2.45 bits per heavy atom. The van der Waals surface area contributed by atoms with Crippen LogP contribution in [0.1, 0.15) is 61.8 Å². The molecule has 1 aromatic carbocycles. The van der Waals surface area contributed by atoms with Gasteiger partial charge in [-0.15, -0.1) is 0 Å². The van der Waals surface area contributed by atoms with Crippen molar-refractivity contribution in [2.24, 2.45) is 0 Å². The average molecular weight is 400 g/mol.